The summed E-state index contributed by atoms with van der Waals surface area (Å²) < 4.78 is 0.286. The van der Waals surface area contributed by atoms with Crippen molar-refractivity contribution in [1.82, 2.24) is 0 Å². The minimum atomic E-state index is -0.0417. The van der Waals surface area contributed by atoms with Crippen LogP contribution >= 0.6 is 45.2 Å². The minimum absolute atomic E-state index is 0.0417. The summed E-state index contributed by atoms with van der Waals surface area (Å²) in [4.78, 5) is 22.7. The Morgan fingerprint density at radius 1 is 1.00 bits per heavy atom. The third kappa shape index (κ3) is 1.60. The molecule has 4 unspecified atom stereocenters. The SMILES string of the molecule is O=C(I)C1C2C=CC(C2)C1C(=O)I. The predicted molar refractivity (Wildman–Crippen MR) is 65.8 cm³/mol. The molecule has 0 aromatic carbocycles. The molecule has 0 heterocycles. The van der Waals surface area contributed by atoms with E-state index < -0.39 is 0 Å². The van der Waals surface area contributed by atoms with Crippen molar-refractivity contribution < 1.29 is 9.59 Å². The topological polar surface area (TPSA) is 34.1 Å². The maximum Gasteiger partial charge on any atom is 0.196 e. The van der Waals surface area contributed by atoms with Crippen LogP contribution in [0, 0.1) is 23.7 Å². The molecule has 2 aliphatic carbocycles. The third-order valence-electron chi connectivity index (χ3n) is 2.98. The van der Waals surface area contributed by atoms with Gasteiger partial charge in [-0.25, -0.2) is 0 Å². The standard InChI is InChI=1S/C9H8I2O2/c10-8(12)6-4-1-2-5(3-4)7(6)9(11)13/h1-2,4-7H,3H2. The van der Waals surface area contributed by atoms with Crippen LogP contribution in [-0.2, 0) is 9.59 Å². The van der Waals surface area contributed by atoms with Crippen molar-refractivity contribution in [3.8, 4) is 0 Å². The van der Waals surface area contributed by atoms with Crippen molar-refractivity contribution in [3.05, 3.63) is 12.2 Å². The lowest BCUT2D eigenvalue weighted by Gasteiger charge is -2.21. The maximum absolute atomic E-state index is 11.3. The number of fused-ring (bicyclic) bond motifs is 2. The van der Waals surface area contributed by atoms with E-state index in [1.54, 1.807) is 0 Å². The molecule has 0 N–H and O–H groups in total. The van der Waals surface area contributed by atoms with Crippen LogP contribution in [0.3, 0.4) is 0 Å². The first-order valence-electron chi connectivity index (χ1n) is 4.18. The van der Waals surface area contributed by atoms with Crippen LogP contribution in [-0.4, -0.2) is 7.58 Å². The summed E-state index contributed by atoms with van der Waals surface area (Å²) in [6.07, 6.45) is 5.20. The average Bonchev–Trinajstić information content (AvgIpc) is 2.60. The second-order valence-electron chi connectivity index (χ2n) is 3.61. The molecular weight excluding hydrogens is 394 g/mol. The molecule has 2 aliphatic rings. The molecule has 4 heteroatoms. The molecule has 1 saturated carbocycles. The normalized spacial score (nSPS) is 41.1. The second kappa shape index (κ2) is 3.60. The number of halogens is 2. The Kier molecular flexibility index (Phi) is 2.79. The number of carbonyl (C=O) groups is 2. The molecule has 0 saturated heterocycles. The van der Waals surface area contributed by atoms with Gasteiger partial charge in [-0.05, 0) is 63.4 Å². The predicted octanol–water partition coefficient (Wildman–Crippen LogP) is 2.35. The highest BCUT2D eigenvalue weighted by Crippen LogP contribution is 2.50. The summed E-state index contributed by atoms with van der Waals surface area (Å²) >= 11 is 3.65. The average molecular weight is 402 g/mol. The number of hydrogen-bond donors (Lipinski definition) is 0. The molecule has 13 heavy (non-hydrogen) atoms. The summed E-state index contributed by atoms with van der Waals surface area (Å²) in [5, 5.41) is 0. The highest BCUT2D eigenvalue weighted by atomic mass is 127. The fraction of sp³-hybridized carbons (Fsp3) is 0.556. The van der Waals surface area contributed by atoms with Gasteiger partial charge in [0, 0.05) is 11.8 Å². The molecule has 70 valence electrons. The minimum Gasteiger partial charge on any atom is -0.287 e. The fourth-order valence-corrected chi connectivity index (χ4v) is 4.14. The first-order chi connectivity index (χ1) is 6.11. The van der Waals surface area contributed by atoms with E-state index in [-0.39, 0.29) is 19.4 Å². The van der Waals surface area contributed by atoms with Crippen LogP contribution in [0.1, 0.15) is 6.42 Å². The van der Waals surface area contributed by atoms with Gasteiger partial charge in [0.15, 0.2) is 7.58 Å². The molecular formula is C9H8I2O2. The van der Waals surface area contributed by atoms with Gasteiger partial charge in [-0.3, -0.25) is 9.59 Å². The van der Waals surface area contributed by atoms with E-state index in [0.717, 1.165) is 6.42 Å². The molecule has 1 fully saturated rings. The molecule has 0 aromatic rings. The molecule has 0 amide bonds. The quantitative estimate of drug-likeness (QED) is 0.404. The van der Waals surface area contributed by atoms with Gasteiger partial charge in [-0.1, -0.05) is 12.2 Å². The van der Waals surface area contributed by atoms with E-state index in [0.29, 0.717) is 11.8 Å². The smallest absolute Gasteiger partial charge is 0.196 e. The third-order valence-corrected chi connectivity index (χ3v) is 4.42. The first-order valence-corrected chi connectivity index (χ1v) is 6.34. The summed E-state index contributed by atoms with van der Waals surface area (Å²) in [7, 11) is 0. The summed E-state index contributed by atoms with van der Waals surface area (Å²) in [6.45, 7) is 0. The molecule has 2 bridgehead atoms. The Balaban J connectivity index is 2.30. The van der Waals surface area contributed by atoms with Crippen LogP contribution in [0.2, 0.25) is 0 Å². The lowest BCUT2D eigenvalue weighted by Crippen LogP contribution is -2.28. The largest absolute Gasteiger partial charge is 0.287 e. The number of rotatable bonds is 2. The van der Waals surface area contributed by atoms with Crippen molar-refractivity contribution in [2.75, 3.05) is 0 Å². The Morgan fingerprint density at radius 3 is 1.69 bits per heavy atom. The van der Waals surface area contributed by atoms with E-state index in [1.807, 2.05) is 45.2 Å². The van der Waals surface area contributed by atoms with Gasteiger partial charge in [-0.15, -0.1) is 0 Å². The Bertz CT molecular complexity index is 270. The highest BCUT2D eigenvalue weighted by Gasteiger charge is 2.49. The van der Waals surface area contributed by atoms with Crippen LogP contribution in [0.4, 0.5) is 0 Å². The highest BCUT2D eigenvalue weighted by molar-refractivity contribution is 14.1. The van der Waals surface area contributed by atoms with Gasteiger partial charge in [0.1, 0.15) is 0 Å². The molecule has 2 nitrogen and oxygen atoms in total. The second-order valence-corrected chi connectivity index (χ2v) is 5.73. The fourth-order valence-electron chi connectivity index (χ4n) is 2.44. The maximum atomic E-state index is 11.3. The zero-order valence-corrected chi connectivity index (χ0v) is 11.1. The Morgan fingerprint density at radius 2 is 1.38 bits per heavy atom. The number of carbonyl (C=O) groups excluding carboxylic acids is 2. The molecule has 0 aliphatic heterocycles. The van der Waals surface area contributed by atoms with Crippen LogP contribution in [0.15, 0.2) is 12.2 Å². The Labute approximate surface area is 104 Å². The molecule has 2 rings (SSSR count). The number of hydrogen-bond acceptors (Lipinski definition) is 2. The van der Waals surface area contributed by atoms with E-state index in [4.69, 9.17) is 0 Å². The van der Waals surface area contributed by atoms with Gasteiger partial charge in [0.25, 0.3) is 0 Å². The zero-order valence-electron chi connectivity index (χ0n) is 6.74. The van der Waals surface area contributed by atoms with Gasteiger partial charge >= 0.3 is 0 Å². The van der Waals surface area contributed by atoms with Crippen molar-refractivity contribution >= 4 is 52.8 Å². The molecule has 0 radical (unpaired) electrons. The van der Waals surface area contributed by atoms with E-state index in [9.17, 15) is 9.59 Å². The van der Waals surface area contributed by atoms with Crippen molar-refractivity contribution in [2.45, 2.75) is 6.42 Å². The number of allylic oxidation sites excluding steroid dienone is 2. The van der Waals surface area contributed by atoms with E-state index >= 15 is 0 Å². The van der Waals surface area contributed by atoms with Gasteiger partial charge in [0.2, 0.25) is 0 Å². The van der Waals surface area contributed by atoms with Gasteiger partial charge in [-0.2, -0.15) is 0 Å². The summed E-state index contributed by atoms with van der Waals surface area (Å²) in [5.41, 5.74) is 0. The zero-order chi connectivity index (χ0) is 9.59. The molecule has 0 spiro atoms. The monoisotopic (exact) mass is 402 g/mol. The summed E-state index contributed by atoms with van der Waals surface area (Å²) in [6, 6.07) is 0. The lowest BCUT2D eigenvalue weighted by molar-refractivity contribution is -0.121. The van der Waals surface area contributed by atoms with Gasteiger partial charge < -0.3 is 0 Å². The summed E-state index contributed by atoms with van der Waals surface area (Å²) in [5.74, 6) is 0.580. The van der Waals surface area contributed by atoms with Gasteiger partial charge in [0.05, 0.1) is 0 Å². The first kappa shape index (κ1) is 10.1. The van der Waals surface area contributed by atoms with Crippen LogP contribution in [0.5, 0.6) is 0 Å². The van der Waals surface area contributed by atoms with Crippen molar-refractivity contribution in [3.63, 3.8) is 0 Å². The van der Waals surface area contributed by atoms with E-state index in [2.05, 4.69) is 12.2 Å². The molecule has 0 aromatic heterocycles. The Hall–Kier alpha value is 0.540. The lowest BCUT2D eigenvalue weighted by atomic mass is 9.85. The molecule has 4 atom stereocenters. The van der Waals surface area contributed by atoms with Crippen molar-refractivity contribution in [1.29, 1.82) is 0 Å². The van der Waals surface area contributed by atoms with Crippen molar-refractivity contribution in [2.24, 2.45) is 23.7 Å². The van der Waals surface area contributed by atoms with Crippen LogP contribution < -0.4 is 0 Å². The van der Waals surface area contributed by atoms with E-state index in [1.165, 1.54) is 0 Å². The van der Waals surface area contributed by atoms with Crippen LogP contribution in [0.25, 0.3) is 0 Å².